The van der Waals surface area contributed by atoms with Crippen molar-refractivity contribution in [2.75, 3.05) is 10.6 Å². The molecule has 1 unspecified atom stereocenters. The first-order valence-electron chi connectivity index (χ1n) is 19.2. The van der Waals surface area contributed by atoms with Crippen LogP contribution < -0.4 is 10.6 Å². The molecule has 0 aliphatic carbocycles. The van der Waals surface area contributed by atoms with Gasteiger partial charge in [-0.1, -0.05) is 93.2 Å². The number of fused-ring (bicyclic) bond motifs is 2. The number of unbranched alkanes of at least 4 members (excludes halogenated alkanes) is 1. The van der Waals surface area contributed by atoms with Crippen molar-refractivity contribution >= 4 is 45.5 Å². The highest BCUT2D eigenvalue weighted by Gasteiger charge is 2.19. The van der Waals surface area contributed by atoms with Gasteiger partial charge in [-0.3, -0.25) is 0 Å². The molecule has 0 aliphatic heterocycles. The molecule has 7 rings (SSSR count). The molecule has 0 fully saturated rings. The fraction of sp³-hybridized carbons (Fsp3) is 0.356. The van der Waals surface area contributed by atoms with Crippen LogP contribution in [0.15, 0.2) is 93.8 Å². The summed E-state index contributed by atoms with van der Waals surface area (Å²) < 4.78 is 12.2. The zero-order chi connectivity index (χ0) is 38.0. The van der Waals surface area contributed by atoms with Gasteiger partial charge in [0.2, 0.25) is 23.7 Å². The Morgan fingerprint density at radius 2 is 1.04 bits per heavy atom. The van der Waals surface area contributed by atoms with Crippen molar-refractivity contribution in [3.63, 3.8) is 0 Å². The second kappa shape index (κ2) is 15.0. The van der Waals surface area contributed by atoms with Gasteiger partial charge >= 0.3 is 0 Å². The van der Waals surface area contributed by atoms with Crippen molar-refractivity contribution in [3.05, 3.63) is 102 Å². The Balaban J connectivity index is 1.11. The number of hydrogen-bond donors (Lipinski definition) is 2. The summed E-state index contributed by atoms with van der Waals surface area (Å²) in [5.74, 6) is 3.40. The van der Waals surface area contributed by atoms with Crippen LogP contribution in [-0.4, -0.2) is 24.9 Å². The molecule has 4 aromatic carbocycles. The second-order valence-corrected chi connectivity index (χ2v) is 16.3. The van der Waals surface area contributed by atoms with E-state index in [0.29, 0.717) is 29.6 Å². The molecular weight excluding hydrogens is 671 g/mol. The summed E-state index contributed by atoms with van der Waals surface area (Å²) in [5.41, 5.74) is 9.28. The predicted octanol–water partition coefficient (Wildman–Crippen LogP) is 12.3. The van der Waals surface area contributed by atoms with Crippen LogP contribution >= 0.6 is 0 Å². The van der Waals surface area contributed by atoms with Crippen LogP contribution in [-0.2, 0) is 17.3 Å². The molecule has 54 heavy (non-hydrogen) atoms. The molecule has 3 aromatic heterocycles. The van der Waals surface area contributed by atoms with Gasteiger partial charge < -0.3 is 19.5 Å². The predicted molar refractivity (Wildman–Crippen MR) is 220 cm³/mol. The maximum absolute atomic E-state index is 6.12. The van der Waals surface area contributed by atoms with Gasteiger partial charge in [-0.25, -0.2) is 9.97 Å². The first kappa shape index (κ1) is 36.8. The van der Waals surface area contributed by atoms with E-state index in [2.05, 4.69) is 90.3 Å². The van der Waals surface area contributed by atoms with Gasteiger partial charge in [0.1, 0.15) is 16.9 Å². The summed E-state index contributed by atoms with van der Waals surface area (Å²) in [4.78, 5) is 24.1. The average molecular weight is 722 g/mol. The van der Waals surface area contributed by atoms with Crippen LogP contribution in [0.3, 0.4) is 0 Å². The van der Waals surface area contributed by atoms with Crippen molar-refractivity contribution in [1.29, 1.82) is 0 Å². The summed E-state index contributed by atoms with van der Waals surface area (Å²) in [7, 11) is 0. The molecular formula is C45H51N7O2. The Kier molecular flexibility index (Phi) is 10.2. The van der Waals surface area contributed by atoms with Crippen molar-refractivity contribution < 1.29 is 8.83 Å². The van der Waals surface area contributed by atoms with Gasteiger partial charge in [-0.05, 0) is 101 Å². The maximum Gasteiger partial charge on any atom is 0.232 e. The number of rotatable bonds is 12. The Hall–Kier alpha value is -5.57. The van der Waals surface area contributed by atoms with Crippen LogP contribution in [0.4, 0.5) is 23.3 Å². The number of oxazole rings is 2. The number of nitrogens with one attached hydrogen (secondary N) is 2. The molecule has 9 nitrogen and oxygen atoms in total. The van der Waals surface area contributed by atoms with E-state index in [0.717, 1.165) is 69.8 Å². The lowest BCUT2D eigenvalue weighted by atomic mass is 9.87. The van der Waals surface area contributed by atoms with Crippen LogP contribution in [0.2, 0.25) is 0 Å². The summed E-state index contributed by atoms with van der Waals surface area (Å²) in [5, 5.41) is 6.83. The minimum atomic E-state index is 0.0354. The normalized spacial score (nSPS) is 12.7. The molecule has 0 saturated heterocycles. The number of hydrogen-bond acceptors (Lipinski definition) is 9. The zero-order valence-electron chi connectivity index (χ0n) is 32.7. The average Bonchev–Trinajstić information content (AvgIpc) is 3.77. The van der Waals surface area contributed by atoms with Gasteiger partial charge in [-0.2, -0.15) is 15.0 Å². The third-order valence-electron chi connectivity index (χ3n) is 9.98. The summed E-state index contributed by atoms with van der Waals surface area (Å²) in [6.45, 7) is 17.7. The monoisotopic (exact) mass is 721 g/mol. The standard InChI is InChI=1S/C45H51N7O2/c1-9-11-12-28(10-2)25-39-50-42(46-33-19-13-29(14-20-33)40-48-35-26-31(44(3,4)5)17-23-37(35)53-40)52-43(51-39)47-34-21-15-30(16-22-34)41-49-36-27-32(45(6,7)8)18-24-38(36)54-41/h13-24,26-28H,9-12,25H2,1-8H3,(H2,46,47,50,51,52). The molecule has 0 spiro atoms. The molecule has 1 atom stereocenters. The first-order valence-corrected chi connectivity index (χ1v) is 19.2. The zero-order valence-corrected chi connectivity index (χ0v) is 32.7. The van der Waals surface area contributed by atoms with Gasteiger partial charge in [-0.15, -0.1) is 0 Å². The SMILES string of the molecule is CCCCC(CC)Cc1nc(Nc2ccc(-c3nc4cc(C(C)(C)C)ccc4o3)cc2)nc(Nc2ccc(-c3nc4cc(C(C)(C)C)ccc4o3)cc2)n1. The van der Waals surface area contributed by atoms with Gasteiger partial charge in [0, 0.05) is 28.9 Å². The van der Waals surface area contributed by atoms with E-state index in [-0.39, 0.29) is 10.8 Å². The van der Waals surface area contributed by atoms with Gasteiger partial charge in [0.05, 0.1) is 0 Å². The van der Waals surface area contributed by atoms with Crippen molar-refractivity contribution in [1.82, 2.24) is 24.9 Å². The largest absolute Gasteiger partial charge is 0.436 e. The van der Waals surface area contributed by atoms with E-state index < -0.39 is 0 Å². The molecule has 2 N–H and O–H groups in total. The Morgan fingerprint density at radius 1 is 0.574 bits per heavy atom. The van der Waals surface area contributed by atoms with Crippen molar-refractivity contribution in [2.24, 2.45) is 5.92 Å². The Morgan fingerprint density at radius 3 is 1.44 bits per heavy atom. The van der Waals surface area contributed by atoms with E-state index in [1.807, 2.05) is 60.7 Å². The summed E-state index contributed by atoms with van der Waals surface area (Å²) in [6, 6.07) is 28.4. The fourth-order valence-electron chi connectivity index (χ4n) is 6.51. The van der Waals surface area contributed by atoms with Crippen molar-refractivity contribution in [2.45, 2.75) is 98.3 Å². The Bertz CT molecular complexity index is 2210. The van der Waals surface area contributed by atoms with Gasteiger partial charge in [0.25, 0.3) is 0 Å². The summed E-state index contributed by atoms with van der Waals surface area (Å²) >= 11 is 0. The number of benzene rings is 4. The second-order valence-electron chi connectivity index (χ2n) is 16.3. The minimum absolute atomic E-state index is 0.0354. The number of anilines is 4. The molecule has 0 amide bonds. The number of aromatic nitrogens is 5. The summed E-state index contributed by atoms with van der Waals surface area (Å²) in [6.07, 6.45) is 5.36. The van der Waals surface area contributed by atoms with Crippen LogP contribution in [0.1, 0.15) is 98.0 Å². The minimum Gasteiger partial charge on any atom is -0.436 e. The lowest BCUT2D eigenvalue weighted by Crippen LogP contribution is -2.11. The third-order valence-corrected chi connectivity index (χ3v) is 9.98. The molecule has 0 radical (unpaired) electrons. The molecule has 9 heteroatoms. The van der Waals surface area contributed by atoms with Gasteiger partial charge in [0.15, 0.2) is 11.2 Å². The lowest BCUT2D eigenvalue weighted by Gasteiger charge is -2.18. The van der Waals surface area contributed by atoms with Crippen LogP contribution in [0, 0.1) is 5.92 Å². The molecule has 0 aliphatic rings. The van der Waals surface area contributed by atoms with E-state index >= 15 is 0 Å². The molecule has 0 bridgehead atoms. The van der Waals surface area contributed by atoms with Crippen molar-refractivity contribution in [3.8, 4) is 22.9 Å². The van der Waals surface area contributed by atoms with E-state index in [1.54, 1.807) is 0 Å². The molecule has 3 heterocycles. The first-order chi connectivity index (χ1) is 25.8. The fourth-order valence-corrected chi connectivity index (χ4v) is 6.51. The molecule has 7 aromatic rings. The topological polar surface area (TPSA) is 115 Å². The quantitative estimate of drug-likeness (QED) is 0.127. The van der Waals surface area contributed by atoms with E-state index in [9.17, 15) is 0 Å². The lowest BCUT2D eigenvalue weighted by molar-refractivity contribution is 0.440. The third kappa shape index (κ3) is 8.46. The number of nitrogens with zero attached hydrogens (tertiary/aromatic N) is 5. The highest BCUT2D eigenvalue weighted by molar-refractivity contribution is 5.79. The van der Waals surface area contributed by atoms with Crippen LogP contribution in [0.5, 0.6) is 0 Å². The maximum atomic E-state index is 6.12. The highest BCUT2D eigenvalue weighted by Crippen LogP contribution is 2.32. The molecule has 0 saturated carbocycles. The Labute approximate surface area is 318 Å². The van der Waals surface area contributed by atoms with E-state index in [4.69, 9.17) is 33.8 Å². The highest BCUT2D eigenvalue weighted by atomic mass is 16.4. The van der Waals surface area contributed by atoms with E-state index in [1.165, 1.54) is 24.0 Å². The van der Waals surface area contributed by atoms with Crippen LogP contribution in [0.25, 0.3) is 45.1 Å². The molecule has 278 valence electrons. The smallest absolute Gasteiger partial charge is 0.232 e.